The van der Waals surface area contributed by atoms with E-state index in [1.165, 1.54) is 4.31 Å². The fourth-order valence-electron chi connectivity index (χ4n) is 2.92. The average molecular weight is 396 g/mol. The molecule has 0 bridgehead atoms. The first-order valence-electron chi connectivity index (χ1n) is 7.89. The third-order valence-electron chi connectivity index (χ3n) is 4.26. The predicted octanol–water partition coefficient (Wildman–Crippen LogP) is 3.11. The van der Waals surface area contributed by atoms with Crippen molar-refractivity contribution in [3.8, 4) is 6.07 Å². The summed E-state index contributed by atoms with van der Waals surface area (Å²) < 4.78 is 26.8. The number of benzene rings is 1. The number of rotatable bonds is 5. The number of nitrogens with zero attached hydrogens (tertiary/aromatic N) is 3. The van der Waals surface area contributed by atoms with Gasteiger partial charge in [-0.25, -0.2) is 8.42 Å². The third kappa shape index (κ3) is 4.22. The smallest absolute Gasteiger partial charge is 0.218 e. The molecule has 3 rings (SSSR count). The van der Waals surface area contributed by atoms with Crippen molar-refractivity contribution in [1.29, 1.82) is 5.26 Å². The summed E-state index contributed by atoms with van der Waals surface area (Å²) in [4.78, 5) is 3.03. The Balaban J connectivity index is 1.65. The van der Waals surface area contributed by atoms with E-state index < -0.39 is 10.0 Å². The Labute approximate surface area is 157 Å². The zero-order valence-electron chi connectivity index (χ0n) is 13.5. The normalized spacial score (nSPS) is 17.9. The molecule has 0 amide bonds. The molecule has 0 N–H and O–H groups in total. The maximum absolute atomic E-state index is 12.7. The Bertz CT molecular complexity index is 854. The summed E-state index contributed by atoms with van der Waals surface area (Å²) in [6.07, 6.45) is 0. The van der Waals surface area contributed by atoms with Crippen LogP contribution in [0.3, 0.4) is 0 Å². The van der Waals surface area contributed by atoms with Crippen molar-refractivity contribution in [2.45, 2.75) is 11.8 Å². The van der Waals surface area contributed by atoms with E-state index in [2.05, 4.69) is 6.07 Å². The Hall–Kier alpha value is -1.43. The molecule has 2 aromatic rings. The zero-order valence-corrected chi connectivity index (χ0v) is 15.9. The molecule has 8 heteroatoms. The molecule has 132 valence electrons. The van der Waals surface area contributed by atoms with Crippen molar-refractivity contribution in [3.05, 3.63) is 57.2 Å². The van der Waals surface area contributed by atoms with Gasteiger partial charge in [0.2, 0.25) is 10.0 Å². The van der Waals surface area contributed by atoms with Crippen LogP contribution in [-0.2, 0) is 15.8 Å². The van der Waals surface area contributed by atoms with Gasteiger partial charge in [0.1, 0.15) is 6.04 Å². The van der Waals surface area contributed by atoms with Gasteiger partial charge in [0.15, 0.2) is 0 Å². The summed E-state index contributed by atoms with van der Waals surface area (Å²) in [7, 11) is -3.43. The Morgan fingerprint density at radius 1 is 1.16 bits per heavy atom. The monoisotopic (exact) mass is 395 g/mol. The van der Waals surface area contributed by atoms with Crippen molar-refractivity contribution >= 4 is 33.0 Å². The summed E-state index contributed by atoms with van der Waals surface area (Å²) in [6.45, 7) is 1.85. The summed E-state index contributed by atoms with van der Waals surface area (Å²) in [5.41, 5.74) is 0.611. The Morgan fingerprint density at radius 2 is 1.88 bits per heavy atom. The molecule has 1 aliphatic heterocycles. The number of hydrogen-bond acceptors (Lipinski definition) is 5. The number of thiophene rings is 1. The van der Waals surface area contributed by atoms with Gasteiger partial charge in [0, 0.05) is 36.1 Å². The lowest BCUT2D eigenvalue weighted by Gasteiger charge is -2.36. The highest BCUT2D eigenvalue weighted by atomic mass is 35.5. The lowest BCUT2D eigenvalue weighted by Crippen LogP contribution is -2.49. The molecule has 0 spiro atoms. The maximum Gasteiger partial charge on any atom is 0.218 e. The van der Waals surface area contributed by atoms with Crippen LogP contribution in [0.5, 0.6) is 0 Å². The van der Waals surface area contributed by atoms with Gasteiger partial charge in [-0.15, -0.1) is 11.3 Å². The van der Waals surface area contributed by atoms with Crippen molar-refractivity contribution in [3.63, 3.8) is 0 Å². The molecule has 1 unspecified atom stereocenters. The minimum atomic E-state index is -3.43. The predicted molar refractivity (Wildman–Crippen MR) is 99.9 cm³/mol. The second-order valence-electron chi connectivity index (χ2n) is 5.83. The molecule has 5 nitrogen and oxygen atoms in total. The van der Waals surface area contributed by atoms with Gasteiger partial charge in [-0.2, -0.15) is 9.57 Å². The summed E-state index contributed by atoms with van der Waals surface area (Å²) in [5, 5.41) is 11.9. The number of piperazine rings is 1. The van der Waals surface area contributed by atoms with E-state index >= 15 is 0 Å². The SMILES string of the molecule is N#CC(c1cccs1)N1CCN(S(=O)(=O)Cc2ccccc2Cl)CC1. The number of hydrogen-bond donors (Lipinski definition) is 0. The van der Waals surface area contributed by atoms with Crippen LogP contribution in [0.1, 0.15) is 16.5 Å². The maximum atomic E-state index is 12.7. The zero-order chi connectivity index (χ0) is 17.9. The van der Waals surface area contributed by atoms with Crippen LogP contribution in [0, 0.1) is 11.3 Å². The van der Waals surface area contributed by atoms with Crippen LogP contribution in [0.2, 0.25) is 5.02 Å². The molecular weight excluding hydrogens is 378 g/mol. The third-order valence-corrected chi connectivity index (χ3v) is 7.38. The van der Waals surface area contributed by atoms with E-state index in [1.807, 2.05) is 22.4 Å². The molecule has 1 aliphatic rings. The number of halogens is 1. The summed E-state index contributed by atoms with van der Waals surface area (Å²) >= 11 is 7.63. The molecule has 0 saturated carbocycles. The highest BCUT2D eigenvalue weighted by Crippen LogP contribution is 2.27. The Kier molecular flexibility index (Phi) is 5.77. The highest BCUT2D eigenvalue weighted by Gasteiger charge is 2.31. The highest BCUT2D eigenvalue weighted by molar-refractivity contribution is 7.88. The van der Waals surface area contributed by atoms with Gasteiger partial charge in [0.05, 0.1) is 11.8 Å². The first-order chi connectivity index (χ1) is 12.0. The average Bonchev–Trinajstić information content (AvgIpc) is 3.12. The number of nitriles is 1. The Morgan fingerprint density at radius 3 is 2.48 bits per heavy atom. The minimum Gasteiger partial charge on any atom is -0.281 e. The fourth-order valence-corrected chi connectivity index (χ4v) is 5.55. The van der Waals surface area contributed by atoms with Gasteiger partial charge in [-0.1, -0.05) is 35.9 Å². The lowest BCUT2D eigenvalue weighted by molar-refractivity contribution is 0.164. The van der Waals surface area contributed by atoms with Gasteiger partial charge >= 0.3 is 0 Å². The van der Waals surface area contributed by atoms with Gasteiger partial charge < -0.3 is 0 Å². The molecule has 25 heavy (non-hydrogen) atoms. The minimum absolute atomic E-state index is 0.0979. The van der Waals surface area contributed by atoms with Crippen molar-refractivity contribution < 1.29 is 8.42 Å². The molecule has 1 fully saturated rings. The largest absolute Gasteiger partial charge is 0.281 e. The van der Waals surface area contributed by atoms with Crippen LogP contribution in [0.4, 0.5) is 0 Å². The fraction of sp³-hybridized carbons (Fsp3) is 0.353. The van der Waals surface area contributed by atoms with E-state index in [1.54, 1.807) is 35.6 Å². The first kappa shape index (κ1) is 18.4. The molecule has 1 saturated heterocycles. The molecule has 1 aromatic carbocycles. The van der Waals surface area contributed by atoms with Crippen LogP contribution < -0.4 is 0 Å². The molecular formula is C17H18ClN3O2S2. The lowest BCUT2D eigenvalue weighted by atomic mass is 10.2. The molecule has 1 aromatic heterocycles. The first-order valence-corrected chi connectivity index (χ1v) is 10.8. The summed E-state index contributed by atoms with van der Waals surface area (Å²) in [6, 6.07) is 12.9. The van der Waals surface area contributed by atoms with Gasteiger partial charge in [-0.3, -0.25) is 4.90 Å². The van der Waals surface area contributed by atoms with Crippen LogP contribution in [0.25, 0.3) is 0 Å². The van der Waals surface area contributed by atoms with E-state index in [0.29, 0.717) is 36.8 Å². The quantitative estimate of drug-likeness (QED) is 0.780. The molecule has 1 atom stereocenters. The van der Waals surface area contributed by atoms with Gasteiger partial charge in [0.25, 0.3) is 0 Å². The standard InChI is InChI=1S/C17H18ClN3O2S2/c18-15-5-2-1-4-14(15)13-25(22,23)21-9-7-20(8-10-21)16(12-19)17-6-3-11-24-17/h1-6,11,16H,7-10,13H2. The topological polar surface area (TPSA) is 64.4 Å². The molecule has 0 aliphatic carbocycles. The summed E-state index contributed by atoms with van der Waals surface area (Å²) in [5.74, 6) is -0.0979. The van der Waals surface area contributed by atoms with Gasteiger partial charge in [-0.05, 0) is 23.1 Å². The van der Waals surface area contributed by atoms with Crippen LogP contribution >= 0.6 is 22.9 Å². The number of sulfonamides is 1. The van der Waals surface area contributed by atoms with E-state index in [9.17, 15) is 13.7 Å². The van der Waals surface area contributed by atoms with E-state index in [-0.39, 0.29) is 11.8 Å². The van der Waals surface area contributed by atoms with Crippen molar-refractivity contribution in [2.75, 3.05) is 26.2 Å². The molecule has 0 radical (unpaired) electrons. The van der Waals surface area contributed by atoms with Crippen molar-refractivity contribution in [1.82, 2.24) is 9.21 Å². The second-order valence-corrected chi connectivity index (χ2v) is 9.19. The van der Waals surface area contributed by atoms with E-state index in [0.717, 1.165) is 4.88 Å². The van der Waals surface area contributed by atoms with Crippen LogP contribution in [-0.4, -0.2) is 43.8 Å². The molecule has 2 heterocycles. The second kappa shape index (κ2) is 7.85. The van der Waals surface area contributed by atoms with Crippen LogP contribution in [0.15, 0.2) is 41.8 Å². The van der Waals surface area contributed by atoms with Crippen molar-refractivity contribution in [2.24, 2.45) is 0 Å². The van der Waals surface area contributed by atoms with E-state index in [4.69, 9.17) is 11.6 Å².